The smallest absolute Gasteiger partial charge is 0.410 e. The van der Waals surface area contributed by atoms with Crippen molar-refractivity contribution in [2.24, 2.45) is 0 Å². The molecule has 2 aliphatic heterocycles. The van der Waals surface area contributed by atoms with Gasteiger partial charge in [-0.15, -0.1) is 0 Å². The Bertz CT molecular complexity index is 1980. The first-order valence-electron chi connectivity index (χ1n) is 16.5. The van der Waals surface area contributed by atoms with Crippen molar-refractivity contribution in [3.8, 4) is 11.3 Å². The van der Waals surface area contributed by atoms with Gasteiger partial charge in [0.25, 0.3) is 0 Å². The number of nitrogens with zero attached hydrogens (tertiary/aromatic N) is 3. The first-order valence-corrected chi connectivity index (χ1v) is 16.5. The number of H-pyrrole nitrogens is 2. The number of carbonyl (C=O) groups excluding carboxylic acids is 3. The highest BCUT2D eigenvalue weighted by Crippen LogP contribution is 2.34. The maximum Gasteiger partial charge on any atom is 0.410 e. The number of benzene rings is 3. The second-order valence-corrected chi connectivity index (χ2v) is 13.6. The summed E-state index contributed by atoms with van der Waals surface area (Å²) in [5.41, 5.74) is 5.49. The first-order chi connectivity index (χ1) is 23.1. The third-order valence-corrected chi connectivity index (χ3v) is 8.89. The Kier molecular flexibility index (Phi) is 8.28. The number of nitrogens with one attached hydrogen (secondary N) is 3. The number of hydrogen-bond acceptors (Lipinski definition) is 6. The molecule has 11 heteroatoms. The van der Waals surface area contributed by atoms with E-state index in [1.807, 2.05) is 93.6 Å². The summed E-state index contributed by atoms with van der Waals surface area (Å²) in [6, 6.07) is 22.8. The van der Waals surface area contributed by atoms with Crippen LogP contribution in [0.2, 0.25) is 0 Å². The van der Waals surface area contributed by atoms with E-state index in [-0.39, 0.29) is 24.6 Å². The van der Waals surface area contributed by atoms with Crippen LogP contribution >= 0.6 is 0 Å². The zero-order valence-corrected chi connectivity index (χ0v) is 27.4. The summed E-state index contributed by atoms with van der Waals surface area (Å²) in [6.07, 6.45) is 2.24. The van der Waals surface area contributed by atoms with Crippen molar-refractivity contribution < 1.29 is 23.9 Å². The van der Waals surface area contributed by atoms with E-state index in [0.29, 0.717) is 25.2 Å². The van der Waals surface area contributed by atoms with Crippen molar-refractivity contribution in [1.29, 1.82) is 0 Å². The molecule has 0 saturated carbocycles. The number of anilines is 1. The Morgan fingerprint density at radius 1 is 0.875 bits per heavy atom. The summed E-state index contributed by atoms with van der Waals surface area (Å²) < 4.78 is 11.1. The summed E-state index contributed by atoms with van der Waals surface area (Å²) in [4.78, 5) is 54.0. The van der Waals surface area contributed by atoms with Crippen LogP contribution in [0.1, 0.15) is 63.9 Å². The maximum atomic E-state index is 13.2. The minimum absolute atomic E-state index is 0.175. The lowest BCUT2D eigenvalue weighted by Crippen LogP contribution is -2.45. The summed E-state index contributed by atoms with van der Waals surface area (Å²) >= 11 is 0. The third-order valence-electron chi connectivity index (χ3n) is 8.89. The van der Waals surface area contributed by atoms with Crippen LogP contribution in [-0.2, 0) is 20.9 Å². The third kappa shape index (κ3) is 6.58. The molecule has 3 aromatic carbocycles. The van der Waals surface area contributed by atoms with Gasteiger partial charge in [0.15, 0.2) is 0 Å². The fourth-order valence-corrected chi connectivity index (χ4v) is 6.59. The summed E-state index contributed by atoms with van der Waals surface area (Å²) in [5, 5.41) is 3.94. The molecule has 0 bridgehead atoms. The molecule has 3 amide bonds. The number of rotatable bonds is 6. The zero-order valence-electron chi connectivity index (χ0n) is 27.4. The lowest BCUT2D eigenvalue weighted by molar-refractivity contribution is -0.120. The van der Waals surface area contributed by atoms with Crippen molar-refractivity contribution in [2.75, 3.05) is 18.4 Å². The van der Waals surface area contributed by atoms with Gasteiger partial charge in [0, 0.05) is 40.9 Å². The molecule has 7 rings (SSSR count). The zero-order chi connectivity index (χ0) is 33.4. The molecule has 5 aromatic rings. The van der Waals surface area contributed by atoms with Gasteiger partial charge < -0.3 is 24.8 Å². The molecule has 248 valence electrons. The number of amides is 3. The van der Waals surface area contributed by atoms with Gasteiger partial charge in [-0.25, -0.2) is 14.6 Å². The number of fused-ring (bicyclic) bond motifs is 2. The second-order valence-electron chi connectivity index (χ2n) is 13.6. The van der Waals surface area contributed by atoms with E-state index in [0.717, 1.165) is 63.8 Å². The topological polar surface area (TPSA) is 133 Å². The SMILES string of the molecule is CC(C)(C)OC(=O)N1CCC[C@H]1C(=O)Nc1ccc2[nH]c(-c3ccc4[nH]c([C@@H]5CCCN5C(=O)OCc5ccccc5)nc4c3)cc2c1. The van der Waals surface area contributed by atoms with E-state index in [1.165, 1.54) is 4.90 Å². The van der Waals surface area contributed by atoms with Crippen LogP contribution in [0, 0.1) is 0 Å². The summed E-state index contributed by atoms with van der Waals surface area (Å²) in [6.45, 7) is 6.81. The standard InChI is InChI=1S/C37H40N6O5/c1-37(2,3)48-36(46)43-18-8-12-32(43)34(44)38-26-14-16-27-25(19-26)21-29(39-27)24-13-15-28-30(20-24)41-33(40-28)31-11-7-17-42(31)35(45)47-22-23-9-5-4-6-10-23/h4-6,9-10,13-16,19-21,31-32,39H,7-8,11-12,17-18,22H2,1-3H3,(H,38,44)(H,40,41)/t31-,32-/m0/s1. The summed E-state index contributed by atoms with van der Waals surface area (Å²) in [5.74, 6) is 0.527. The highest BCUT2D eigenvalue weighted by atomic mass is 16.6. The molecule has 2 saturated heterocycles. The summed E-state index contributed by atoms with van der Waals surface area (Å²) in [7, 11) is 0. The number of likely N-dealkylation sites (tertiary alicyclic amines) is 2. The quantitative estimate of drug-likeness (QED) is 0.174. The highest BCUT2D eigenvalue weighted by Gasteiger charge is 2.37. The van der Waals surface area contributed by atoms with Crippen molar-refractivity contribution in [2.45, 2.75) is 70.7 Å². The molecule has 11 nitrogen and oxygen atoms in total. The molecule has 0 aliphatic carbocycles. The van der Waals surface area contributed by atoms with Gasteiger partial charge in [0.05, 0.1) is 17.1 Å². The van der Waals surface area contributed by atoms with E-state index >= 15 is 0 Å². The molecule has 0 spiro atoms. The lowest BCUT2D eigenvalue weighted by Gasteiger charge is -2.28. The molecule has 4 heterocycles. The normalized spacial score (nSPS) is 18.1. The van der Waals surface area contributed by atoms with Crippen LogP contribution in [0.25, 0.3) is 33.2 Å². The van der Waals surface area contributed by atoms with Gasteiger partial charge in [-0.1, -0.05) is 36.4 Å². The lowest BCUT2D eigenvalue weighted by atomic mass is 10.1. The Hall–Kier alpha value is -5.32. The molecule has 3 N–H and O–H groups in total. The van der Waals surface area contributed by atoms with Crippen LogP contribution in [0.4, 0.5) is 15.3 Å². The van der Waals surface area contributed by atoms with Crippen LogP contribution in [0.5, 0.6) is 0 Å². The predicted molar refractivity (Wildman–Crippen MR) is 183 cm³/mol. The van der Waals surface area contributed by atoms with E-state index in [1.54, 1.807) is 4.90 Å². The average Bonchev–Trinajstić information content (AvgIpc) is 3.87. The minimum atomic E-state index is -0.628. The van der Waals surface area contributed by atoms with Crippen LogP contribution in [-0.4, -0.2) is 67.6 Å². The van der Waals surface area contributed by atoms with Gasteiger partial charge >= 0.3 is 12.2 Å². The monoisotopic (exact) mass is 648 g/mol. The van der Waals surface area contributed by atoms with Gasteiger partial charge in [0.2, 0.25) is 5.91 Å². The fraction of sp³-hybridized carbons (Fsp3) is 0.351. The molecular formula is C37H40N6O5. The van der Waals surface area contributed by atoms with Crippen LogP contribution in [0.15, 0.2) is 72.8 Å². The Morgan fingerprint density at radius 3 is 2.46 bits per heavy atom. The van der Waals surface area contributed by atoms with E-state index < -0.39 is 17.7 Å². The average molecular weight is 649 g/mol. The van der Waals surface area contributed by atoms with Crippen LogP contribution < -0.4 is 5.32 Å². The Morgan fingerprint density at radius 2 is 1.65 bits per heavy atom. The Balaban J connectivity index is 1.04. The Labute approximate surface area is 278 Å². The maximum absolute atomic E-state index is 13.2. The molecular weight excluding hydrogens is 608 g/mol. The number of aromatic amines is 2. The molecule has 2 fully saturated rings. The largest absolute Gasteiger partial charge is 0.445 e. The molecule has 2 aromatic heterocycles. The van der Waals surface area contributed by atoms with Crippen molar-refractivity contribution in [1.82, 2.24) is 24.8 Å². The number of hydrogen-bond donors (Lipinski definition) is 3. The molecule has 0 radical (unpaired) electrons. The number of ether oxygens (including phenoxy) is 2. The minimum Gasteiger partial charge on any atom is -0.445 e. The molecule has 48 heavy (non-hydrogen) atoms. The van der Waals surface area contributed by atoms with E-state index in [2.05, 4.69) is 15.3 Å². The number of imidazole rings is 1. The first kappa shape index (κ1) is 31.3. The van der Waals surface area contributed by atoms with Gasteiger partial charge in [0.1, 0.15) is 24.1 Å². The van der Waals surface area contributed by atoms with E-state index in [4.69, 9.17) is 14.5 Å². The molecule has 2 atom stereocenters. The van der Waals surface area contributed by atoms with Crippen molar-refractivity contribution >= 4 is 45.7 Å². The number of aromatic nitrogens is 3. The van der Waals surface area contributed by atoms with Gasteiger partial charge in [-0.2, -0.15) is 0 Å². The second kappa shape index (κ2) is 12.7. The van der Waals surface area contributed by atoms with E-state index in [9.17, 15) is 14.4 Å². The van der Waals surface area contributed by atoms with Crippen molar-refractivity contribution in [3.63, 3.8) is 0 Å². The van der Waals surface area contributed by atoms with Gasteiger partial charge in [-0.05, 0) is 88.4 Å². The molecule has 0 unspecified atom stereocenters. The van der Waals surface area contributed by atoms with Crippen LogP contribution in [0.3, 0.4) is 0 Å². The fourth-order valence-electron chi connectivity index (χ4n) is 6.59. The predicted octanol–water partition coefficient (Wildman–Crippen LogP) is 7.52. The highest BCUT2D eigenvalue weighted by molar-refractivity contribution is 5.99. The number of carbonyl (C=O) groups is 3. The molecule has 2 aliphatic rings. The van der Waals surface area contributed by atoms with Gasteiger partial charge in [-0.3, -0.25) is 14.6 Å². The van der Waals surface area contributed by atoms with Crippen molar-refractivity contribution in [3.05, 3.63) is 84.2 Å².